The molecule has 2 aromatic rings. The molecule has 0 aromatic heterocycles. The van der Waals surface area contributed by atoms with Gasteiger partial charge in [-0.25, -0.2) is 0 Å². The number of imide groups is 1. The summed E-state index contributed by atoms with van der Waals surface area (Å²) >= 11 is 0. The van der Waals surface area contributed by atoms with Crippen LogP contribution < -0.4 is 5.32 Å². The van der Waals surface area contributed by atoms with Crippen LogP contribution >= 0.6 is 0 Å². The lowest BCUT2D eigenvalue weighted by molar-refractivity contribution is -0.143. The molecule has 7 heteroatoms. The zero-order valence-corrected chi connectivity index (χ0v) is 18.5. The fraction of sp³-hybridized carbons (Fsp3) is 0.333. The van der Waals surface area contributed by atoms with E-state index in [9.17, 15) is 19.2 Å². The maximum absolute atomic E-state index is 13.2. The highest BCUT2D eigenvalue weighted by Crippen LogP contribution is 2.26. The third-order valence-electron chi connectivity index (χ3n) is 6.18. The second-order valence-corrected chi connectivity index (χ2v) is 8.04. The lowest BCUT2D eigenvalue weighted by Gasteiger charge is -2.37. The number of aryl methyl sites for hydroxylation is 2. The van der Waals surface area contributed by atoms with Gasteiger partial charge in [-0.3, -0.25) is 24.1 Å². The van der Waals surface area contributed by atoms with Gasteiger partial charge in [-0.2, -0.15) is 0 Å². The van der Waals surface area contributed by atoms with Crippen molar-refractivity contribution in [1.82, 2.24) is 9.80 Å². The molecule has 31 heavy (non-hydrogen) atoms. The van der Waals surface area contributed by atoms with E-state index in [2.05, 4.69) is 5.32 Å². The number of carbonyl (C=O) groups is 4. The molecule has 2 aromatic carbocycles. The molecule has 1 aliphatic heterocycles. The number of benzene rings is 2. The van der Waals surface area contributed by atoms with Crippen LogP contribution in [0.2, 0.25) is 0 Å². The van der Waals surface area contributed by atoms with Crippen LogP contribution in [0.25, 0.3) is 0 Å². The zero-order chi connectivity index (χ0) is 22.9. The molecule has 0 saturated heterocycles. The molecule has 1 aliphatic rings. The number of fused-ring (bicyclic) bond motifs is 1. The first kappa shape index (κ1) is 22.2. The van der Waals surface area contributed by atoms with Crippen LogP contribution in [0.4, 0.5) is 5.69 Å². The average Bonchev–Trinajstić information content (AvgIpc) is 3.00. The molecule has 1 atom stereocenters. The predicted octanol–water partition coefficient (Wildman–Crippen LogP) is 3.17. The molecular formula is C24H27N3O4. The van der Waals surface area contributed by atoms with E-state index in [-0.39, 0.29) is 17.0 Å². The molecule has 7 nitrogen and oxygen atoms in total. The van der Waals surface area contributed by atoms with Gasteiger partial charge in [0.2, 0.25) is 11.8 Å². The Hall–Kier alpha value is -3.48. The molecule has 0 radical (unpaired) electrons. The van der Waals surface area contributed by atoms with Crippen molar-refractivity contribution in [2.45, 2.75) is 39.7 Å². The van der Waals surface area contributed by atoms with Crippen molar-refractivity contribution in [1.29, 1.82) is 0 Å². The van der Waals surface area contributed by atoms with Gasteiger partial charge in [0.25, 0.3) is 11.8 Å². The van der Waals surface area contributed by atoms with Crippen molar-refractivity contribution < 1.29 is 19.2 Å². The topological polar surface area (TPSA) is 86.8 Å². The molecule has 0 fully saturated rings. The van der Waals surface area contributed by atoms with Crippen LogP contribution in [0, 0.1) is 13.8 Å². The van der Waals surface area contributed by atoms with Gasteiger partial charge in [0, 0.05) is 12.7 Å². The smallest absolute Gasteiger partial charge is 0.262 e. The van der Waals surface area contributed by atoms with E-state index in [1.54, 1.807) is 31.2 Å². The first-order valence-corrected chi connectivity index (χ1v) is 10.2. The van der Waals surface area contributed by atoms with Gasteiger partial charge in [-0.15, -0.1) is 0 Å². The van der Waals surface area contributed by atoms with E-state index in [0.717, 1.165) is 16.0 Å². The Kier molecular flexibility index (Phi) is 5.97. The van der Waals surface area contributed by atoms with Crippen LogP contribution in [0.1, 0.15) is 52.1 Å². The normalized spacial score (nSPS) is 14.8. The van der Waals surface area contributed by atoms with E-state index in [1.165, 1.54) is 11.9 Å². The minimum atomic E-state index is -1.16. The Morgan fingerprint density at radius 3 is 1.97 bits per heavy atom. The molecular weight excluding hydrogens is 394 g/mol. The van der Waals surface area contributed by atoms with Crippen LogP contribution in [-0.4, -0.2) is 52.6 Å². The molecule has 1 heterocycles. The summed E-state index contributed by atoms with van der Waals surface area (Å²) in [5.41, 5.74) is 1.97. The number of amides is 4. The van der Waals surface area contributed by atoms with Crippen LogP contribution in [-0.2, 0) is 9.59 Å². The van der Waals surface area contributed by atoms with Gasteiger partial charge < -0.3 is 10.2 Å². The van der Waals surface area contributed by atoms with Crippen LogP contribution in [0.15, 0.2) is 42.5 Å². The van der Waals surface area contributed by atoms with E-state index >= 15 is 0 Å². The van der Waals surface area contributed by atoms with Crippen LogP contribution in [0.5, 0.6) is 0 Å². The maximum atomic E-state index is 13.2. The number of carbonyl (C=O) groups excluding carboxylic acids is 4. The van der Waals surface area contributed by atoms with Crippen molar-refractivity contribution in [3.05, 3.63) is 64.7 Å². The number of rotatable bonds is 6. The van der Waals surface area contributed by atoms with Gasteiger partial charge in [-0.05, 0) is 50.5 Å². The van der Waals surface area contributed by atoms with Gasteiger partial charge in [-0.1, -0.05) is 37.3 Å². The van der Waals surface area contributed by atoms with Gasteiger partial charge >= 0.3 is 0 Å². The monoisotopic (exact) mass is 421 g/mol. The molecule has 1 unspecified atom stereocenters. The summed E-state index contributed by atoms with van der Waals surface area (Å²) in [6, 6.07) is 12.2. The standard InChI is InChI=1S/C24H27N3O4/c1-6-24(4,23(31)25-20-15(2)10-9-11-16(20)3)26(5)19(28)14-27-21(29)17-12-7-8-13-18(17)22(27)30/h7-13H,6,14H2,1-5H3,(H,25,31). The number of para-hydroxylation sites is 1. The van der Waals surface area contributed by atoms with Crippen molar-refractivity contribution in [2.75, 3.05) is 18.9 Å². The van der Waals surface area contributed by atoms with Gasteiger partial charge in [0.1, 0.15) is 12.1 Å². The number of hydrogen-bond acceptors (Lipinski definition) is 4. The van der Waals surface area contributed by atoms with Crippen molar-refractivity contribution in [3.63, 3.8) is 0 Å². The maximum Gasteiger partial charge on any atom is 0.262 e. The number of anilines is 1. The largest absolute Gasteiger partial charge is 0.330 e. The number of nitrogens with one attached hydrogen (secondary N) is 1. The Bertz CT molecular complexity index is 1020. The van der Waals surface area contributed by atoms with E-state index in [4.69, 9.17) is 0 Å². The summed E-state index contributed by atoms with van der Waals surface area (Å²) in [4.78, 5) is 53.7. The summed E-state index contributed by atoms with van der Waals surface area (Å²) in [7, 11) is 1.52. The van der Waals surface area contributed by atoms with E-state index < -0.39 is 29.8 Å². The lowest BCUT2D eigenvalue weighted by atomic mass is 9.94. The molecule has 0 saturated carbocycles. The minimum absolute atomic E-state index is 0.286. The first-order valence-electron chi connectivity index (χ1n) is 10.2. The van der Waals surface area contributed by atoms with Gasteiger partial charge in [0.15, 0.2) is 0 Å². The lowest BCUT2D eigenvalue weighted by Crippen LogP contribution is -2.57. The summed E-state index contributed by atoms with van der Waals surface area (Å²) in [5.74, 6) is -1.82. The summed E-state index contributed by atoms with van der Waals surface area (Å²) in [6.45, 7) is 6.88. The number of nitrogens with zero attached hydrogens (tertiary/aromatic N) is 2. The third kappa shape index (κ3) is 3.83. The summed E-state index contributed by atoms with van der Waals surface area (Å²) in [6.07, 6.45) is 0.355. The highest BCUT2D eigenvalue weighted by atomic mass is 16.2. The van der Waals surface area contributed by atoms with Crippen molar-refractivity contribution in [2.24, 2.45) is 0 Å². The highest BCUT2D eigenvalue weighted by Gasteiger charge is 2.42. The molecule has 3 rings (SSSR count). The number of hydrogen-bond donors (Lipinski definition) is 1. The second-order valence-electron chi connectivity index (χ2n) is 8.04. The minimum Gasteiger partial charge on any atom is -0.330 e. The highest BCUT2D eigenvalue weighted by molar-refractivity contribution is 6.22. The molecule has 0 aliphatic carbocycles. The summed E-state index contributed by atoms with van der Waals surface area (Å²) < 4.78 is 0. The van der Waals surface area contributed by atoms with E-state index in [1.807, 2.05) is 39.0 Å². The first-order chi connectivity index (χ1) is 14.6. The third-order valence-corrected chi connectivity index (χ3v) is 6.18. The van der Waals surface area contributed by atoms with E-state index in [0.29, 0.717) is 12.1 Å². The van der Waals surface area contributed by atoms with Crippen molar-refractivity contribution >= 4 is 29.3 Å². The Morgan fingerprint density at radius 1 is 0.968 bits per heavy atom. The van der Waals surface area contributed by atoms with Crippen molar-refractivity contribution in [3.8, 4) is 0 Å². The molecule has 0 spiro atoms. The fourth-order valence-electron chi connectivity index (χ4n) is 3.71. The quantitative estimate of drug-likeness (QED) is 0.726. The Labute approximate surface area is 182 Å². The summed E-state index contributed by atoms with van der Waals surface area (Å²) in [5, 5.41) is 2.95. The molecule has 0 bridgehead atoms. The Balaban J connectivity index is 1.79. The zero-order valence-electron chi connectivity index (χ0n) is 18.5. The fourth-order valence-corrected chi connectivity index (χ4v) is 3.71. The Morgan fingerprint density at radius 2 is 1.48 bits per heavy atom. The molecule has 162 valence electrons. The molecule has 1 N–H and O–H groups in total. The van der Waals surface area contributed by atoms with Gasteiger partial charge in [0.05, 0.1) is 11.1 Å². The second kappa shape index (κ2) is 8.34. The number of likely N-dealkylation sites (N-methyl/N-ethyl adjacent to an activating group) is 1. The molecule has 4 amide bonds. The predicted molar refractivity (Wildman–Crippen MR) is 118 cm³/mol. The van der Waals surface area contributed by atoms with Crippen LogP contribution in [0.3, 0.4) is 0 Å². The average molecular weight is 421 g/mol. The SMILES string of the molecule is CCC(C)(C(=O)Nc1c(C)cccc1C)N(C)C(=O)CN1C(=O)c2ccccc2C1=O.